The van der Waals surface area contributed by atoms with Gasteiger partial charge in [0, 0.05) is 5.39 Å². The van der Waals surface area contributed by atoms with Crippen molar-refractivity contribution < 1.29 is 47.6 Å². The Morgan fingerprint density at radius 1 is 0.818 bits per heavy atom. The Bertz CT molecular complexity index is 908. The summed E-state index contributed by atoms with van der Waals surface area (Å²) in [4.78, 5) is 8.08. The first-order chi connectivity index (χ1) is 15.4. The van der Waals surface area contributed by atoms with Crippen LogP contribution < -0.4 is 34.7 Å². The molecule has 1 aromatic carbocycles. The molecule has 0 saturated heterocycles. The van der Waals surface area contributed by atoms with Crippen molar-refractivity contribution in [2.75, 3.05) is 0 Å². The van der Waals surface area contributed by atoms with Gasteiger partial charge in [-0.3, -0.25) is 4.55 Å². The average Bonchev–Trinajstić information content (AvgIpc) is 2.75. The summed E-state index contributed by atoms with van der Waals surface area (Å²) in [6.45, 7) is 2.25. The molecule has 0 aliphatic heterocycles. The largest absolute Gasteiger partial charge is 1.00 e. The molecule has 0 saturated carbocycles. The number of hydrogen-bond acceptors (Lipinski definition) is 5. The fourth-order valence-corrected chi connectivity index (χ4v) is 4.98. The molecular formula is C25H39N2NaO4S. The summed E-state index contributed by atoms with van der Waals surface area (Å²) < 4.78 is 33.5. The summed E-state index contributed by atoms with van der Waals surface area (Å²) in [7, 11) is -4.39. The average molecular weight is 487 g/mol. The molecule has 0 aliphatic rings. The smallest absolute Gasteiger partial charge is 0.858 e. The zero-order chi connectivity index (χ0) is 23.2. The Kier molecular flexibility index (Phi) is 15.4. The molecule has 0 aliphatic carbocycles. The third-order valence-corrected chi connectivity index (χ3v) is 7.22. The van der Waals surface area contributed by atoms with Gasteiger partial charge in [0.1, 0.15) is 11.1 Å². The monoisotopic (exact) mass is 486 g/mol. The molecule has 0 fully saturated rings. The van der Waals surface area contributed by atoms with Gasteiger partial charge < -0.3 is 5.11 Å². The maximum absolute atomic E-state index is 12.2. The van der Waals surface area contributed by atoms with Crippen molar-refractivity contribution in [1.29, 1.82) is 0 Å². The molecule has 1 N–H and O–H groups in total. The quantitative estimate of drug-likeness (QED) is 0.209. The number of aromatic nitrogens is 2. The van der Waals surface area contributed by atoms with E-state index in [1.165, 1.54) is 64.2 Å². The van der Waals surface area contributed by atoms with E-state index >= 15 is 0 Å². The summed E-state index contributed by atoms with van der Waals surface area (Å²) in [6, 6.07) is 6.70. The molecule has 1 aromatic heterocycles. The predicted molar refractivity (Wildman–Crippen MR) is 128 cm³/mol. The number of hydrogen-bond donors (Lipinski definition) is 1. The first-order valence-electron chi connectivity index (χ1n) is 12.3. The van der Waals surface area contributed by atoms with Crippen LogP contribution in [0.2, 0.25) is 0 Å². The maximum atomic E-state index is 12.2. The van der Waals surface area contributed by atoms with Gasteiger partial charge in [-0.25, -0.2) is 9.97 Å². The van der Waals surface area contributed by atoms with Crippen LogP contribution in [0.5, 0.6) is 5.88 Å². The molecule has 1 unspecified atom stereocenters. The van der Waals surface area contributed by atoms with Gasteiger partial charge in [0.15, 0.2) is 0 Å². The van der Waals surface area contributed by atoms with Gasteiger partial charge in [0.2, 0.25) is 0 Å². The summed E-state index contributed by atoms with van der Waals surface area (Å²) in [6.07, 6.45) is 17.2. The normalized spacial score (nSPS) is 12.5. The third-order valence-electron chi connectivity index (χ3n) is 6.05. The van der Waals surface area contributed by atoms with E-state index in [9.17, 15) is 18.1 Å². The van der Waals surface area contributed by atoms with E-state index in [1.54, 1.807) is 24.3 Å². The van der Waals surface area contributed by atoms with Gasteiger partial charge in [0.25, 0.3) is 10.1 Å². The minimum atomic E-state index is -4.39. The fourth-order valence-electron chi connectivity index (χ4n) is 4.14. The third kappa shape index (κ3) is 11.5. The predicted octanol–water partition coefficient (Wildman–Crippen LogP) is 3.51. The fraction of sp³-hybridized carbons (Fsp3) is 0.680. The second-order valence-electron chi connectivity index (χ2n) is 8.79. The summed E-state index contributed by atoms with van der Waals surface area (Å²) in [5.74, 6) is -0.619. The zero-order valence-electron chi connectivity index (χ0n) is 20.5. The van der Waals surface area contributed by atoms with E-state index < -0.39 is 21.2 Å². The molecule has 180 valence electrons. The standard InChI is InChI=1S/C25H40N2O4S.Na/c1-2-3-4-5-6-7-8-9-10-11-12-13-14-15-20-23(32(29,30)31)24-26-22-19-17-16-18-21(22)25(28)27-24;/h16-19,23H,2-15,20H2,1H3,(H,26,27,28)(H,29,30,31);/q;+1/p-1. The molecule has 0 spiro atoms. The molecular weight excluding hydrogens is 447 g/mol. The summed E-state index contributed by atoms with van der Waals surface area (Å²) in [5.41, 5.74) is 0.400. The van der Waals surface area contributed by atoms with Crippen LogP contribution in [0.4, 0.5) is 0 Å². The van der Waals surface area contributed by atoms with Crippen LogP contribution in [-0.4, -0.2) is 22.9 Å². The van der Waals surface area contributed by atoms with Gasteiger partial charge >= 0.3 is 29.6 Å². The van der Waals surface area contributed by atoms with Crippen LogP contribution >= 0.6 is 0 Å². The van der Waals surface area contributed by atoms with E-state index in [2.05, 4.69) is 16.9 Å². The number of nitrogens with zero attached hydrogens (tertiary/aromatic N) is 2. The number of benzene rings is 1. The Balaban J connectivity index is 0.00000544. The Morgan fingerprint density at radius 2 is 1.30 bits per heavy atom. The van der Waals surface area contributed by atoms with Crippen LogP contribution in [0.15, 0.2) is 24.3 Å². The molecule has 1 heterocycles. The van der Waals surface area contributed by atoms with E-state index in [4.69, 9.17) is 0 Å². The van der Waals surface area contributed by atoms with E-state index in [1.807, 2.05) is 0 Å². The van der Waals surface area contributed by atoms with E-state index in [0.29, 0.717) is 17.3 Å². The van der Waals surface area contributed by atoms with Crippen molar-refractivity contribution >= 4 is 21.0 Å². The summed E-state index contributed by atoms with van der Waals surface area (Å²) in [5, 5.41) is 11.3. The minimum absolute atomic E-state index is 0. The number of rotatable bonds is 17. The first kappa shape index (κ1) is 30.3. The molecule has 8 heteroatoms. The Hall–Kier alpha value is -0.730. The zero-order valence-corrected chi connectivity index (χ0v) is 23.3. The molecule has 2 rings (SSSR count). The number of para-hydroxylation sites is 1. The van der Waals surface area contributed by atoms with Gasteiger partial charge in [-0.15, -0.1) is 0 Å². The summed E-state index contributed by atoms with van der Waals surface area (Å²) >= 11 is 0. The Morgan fingerprint density at radius 3 is 1.82 bits per heavy atom. The molecule has 1 atom stereocenters. The van der Waals surface area contributed by atoms with Crippen molar-refractivity contribution in [3.05, 3.63) is 30.1 Å². The van der Waals surface area contributed by atoms with Crippen molar-refractivity contribution in [3.63, 3.8) is 0 Å². The van der Waals surface area contributed by atoms with E-state index in [0.717, 1.165) is 19.3 Å². The molecule has 33 heavy (non-hydrogen) atoms. The van der Waals surface area contributed by atoms with Crippen molar-refractivity contribution in [2.24, 2.45) is 0 Å². The molecule has 0 amide bonds. The van der Waals surface area contributed by atoms with Crippen LogP contribution in [0.1, 0.15) is 114 Å². The molecule has 0 radical (unpaired) electrons. The maximum Gasteiger partial charge on any atom is 1.00 e. The van der Waals surface area contributed by atoms with Crippen molar-refractivity contribution in [3.8, 4) is 5.88 Å². The topological polar surface area (TPSA) is 103 Å². The number of fused-ring (bicyclic) bond motifs is 1. The van der Waals surface area contributed by atoms with Gasteiger partial charge in [0.05, 0.1) is 5.52 Å². The second kappa shape index (κ2) is 16.8. The first-order valence-corrected chi connectivity index (χ1v) is 13.8. The number of unbranched alkanes of at least 4 members (excludes halogenated alkanes) is 13. The molecule has 2 aromatic rings. The molecule has 6 nitrogen and oxygen atoms in total. The van der Waals surface area contributed by atoms with Gasteiger partial charge in [-0.1, -0.05) is 115 Å². The van der Waals surface area contributed by atoms with Gasteiger partial charge in [-0.05, 0) is 18.4 Å². The second-order valence-corrected chi connectivity index (χ2v) is 10.4. The molecule has 0 bridgehead atoms. The van der Waals surface area contributed by atoms with Crippen molar-refractivity contribution in [2.45, 2.75) is 108 Å². The van der Waals surface area contributed by atoms with Crippen LogP contribution in [0.25, 0.3) is 10.9 Å². The van der Waals surface area contributed by atoms with Gasteiger partial charge in [-0.2, -0.15) is 8.42 Å². The van der Waals surface area contributed by atoms with Crippen LogP contribution in [-0.2, 0) is 10.1 Å². The SMILES string of the molecule is CCCCCCCCCCCCCCCCC(c1nc([O-])c2ccccc2n1)S(=O)(=O)O.[Na+]. The van der Waals surface area contributed by atoms with Crippen molar-refractivity contribution in [1.82, 2.24) is 9.97 Å². The van der Waals surface area contributed by atoms with Crippen LogP contribution in [0, 0.1) is 0 Å². The minimum Gasteiger partial charge on any atom is -0.858 e. The Labute approximate surface area is 222 Å². The van der Waals surface area contributed by atoms with E-state index in [-0.39, 0.29) is 41.8 Å². The van der Waals surface area contributed by atoms with Crippen LogP contribution in [0.3, 0.4) is 0 Å².